The molecule has 0 bridgehead atoms. The van der Waals surface area contributed by atoms with Gasteiger partial charge in [0.2, 0.25) is 0 Å². The van der Waals surface area contributed by atoms with E-state index in [9.17, 15) is 0 Å². The first-order valence-corrected chi connectivity index (χ1v) is 23.1. The van der Waals surface area contributed by atoms with Gasteiger partial charge in [-0.1, -0.05) is 156 Å². The van der Waals surface area contributed by atoms with Crippen molar-refractivity contribution >= 4 is 79.0 Å². The van der Waals surface area contributed by atoms with Crippen molar-refractivity contribution in [3.8, 4) is 11.5 Å². The Labute approximate surface area is 381 Å². The smallest absolute Gasteiger partial charge is 0.256 e. The molecule has 322 valence electrons. The standard InChI is InChI=1S/C59H62BN3O/c1-56(2,3)37-21-27-41(28-22-37)62(42-29-23-38(24-30-42)57(4,5)6)43-35-50-54(44-17-14-15-18-47(44)61(50)13)51(36-43)63-48-31-25-39(58(7,8)9)33-45(48)60-46-34-40(59(10,11)12)26-32-52(46)64-53-20-16-19-49(63)55(53)60/h14-36H,1-13H3. The number of benzene rings is 7. The maximum Gasteiger partial charge on any atom is 0.256 e. The Bertz CT molecular complexity index is 3070. The molecular weight excluding hydrogens is 777 g/mol. The Morgan fingerprint density at radius 2 is 0.984 bits per heavy atom. The third-order valence-electron chi connectivity index (χ3n) is 13.9. The maximum absolute atomic E-state index is 6.96. The van der Waals surface area contributed by atoms with Crippen molar-refractivity contribution in [2.75, 3.05) is 9.80 Å². The van der Waals surface area contributed by atoms with Gasteiger partial charge < -0.3 is 19.1 Å². The third-order valence-corrected chi connectivity index (χ3v) is 13.9. The van der Waals surface area contributed by atoms with E-state index in [-0.39, 0.29) is 28.4 Å². The van der Waals surface area contributed by atoms with Crippen LogP contribution in [-0.4, -0.2) is 11.3 Å². The van der Waals surface area contributed by atoms with Crippen LogP contribution in [-0.2, 0) is 28.7 Å². The molecule has 0 unspecified atom stereocenters. The zero-order valence-corrected chi connectivity index (χ0v) is 40.1. The molecule has 10 rings (SSSR count). The highest BCUT2D eigenvalue weighted by atomic mass is 16.5. The van der Waals surface area contributed by atoms with Crippen LogP contribution >= 0.6 is 0 Å². The number of rotatable bonds is 4. The highest BCUT2D eigenvalue weighted by Gasteiger charge is 2.43. The molecule has 0 saturated heterocycles. The summed E-state index contributed by atoms with van der Waals surface area (Å²) >= 11 is 0. The second-order valence-electron chi connectivity index (χ2n) is 22.4. The minimum atomic E-state index is -0.0463. The molecule has 0 aliphatic carbocycles. The highest BCUT2D eigenvalue weighted by molar-refractivity contribution is 6.99. The number of nitrogens with zero attached hydrogens (tertiary/aromatic N) is 3. The summed E-state index contributed by atoms with van der Waals surface area (Å²) in [6, 6.07) is 52.9. The molecule has 3 heterocycles. The van der Waals surface area contributed by atoms with Gasteiger partial charge in [-0.3, -0.25) is 0 Å². The summed E-state index contributed by atoms with van der Waals surface area (Å²) in [7, 11) is 2.22. The summed E-state index contributed by atoms with van der Waals surface area (Å²) in [6.45, 7) is 27.6. The fraction of sp³-hybridized carbons (Fsp3) is 0.288. The van der Waals surface area contributed by atoms with Crippen LogP contribution in [0.15, 0.2) is 140 Å². The van der Waals surface area contributed by atoms with E-state index >= 15 is 0 Å². The molecular formula is C59H62BN3O. The Kier molecular flexibility index (Phi) is 9.41. The monoisotopic (exact) mass is 839 g/mol. The van der Waals surface area contributed by atoms with E-state index in [4.69, 9.17) is 4.74 Å². The number of ether oxygens (including phenoxy) is 1. The van der Waals surface area contributed by atoms with Gasteiger partial charge in [0.1, 0.15) is 11.5 Å². The molecule has 0 atom stereocenters. The van der Waals surface area contributed by atoms with Gasteiger partial charge in [-0.15, -0.1) is 0 Å². The summed E-state index contributed by atoms with van der Waals surface area (Å²) in [4.78, 5) is 5.00. The molecule has 2 aliphatic heterocycles. The summed E-state index contributed by atoms with van der Waals surface area (Å²) < 4.78 is 9.34. The van der Waals surface area contributed by atoms with Crippen molar-refractivity contribution in [2.45, 2.75) is 105 Å². The zero-order chi connectivity index (χ0) is 45.2. The van der Waals surface area contributed by atoms with E-state index in [1.54, 1.807) is 0 Å². The Balaban J connectivity index is 1.29. The van der Waals surface area contributed by atoms with Crippen molar-refractivity contribution < 1.29 is 4.74 Å². The minimum Gasteiger partial charge on any atom is -0.458 e. The van der Waals surface area contributed by atoms with Crippen molar-refractivity contribution in [1.82, 2.24) is 4.57 Å². The molecule has 5 heteroatoms. The summed E-state index contributed by atoms with van der Waals surface area (Å²) in [5, 5.41) is 2.45. The molecule has 0 spiro atoms. The number of aromatic nitrogens is 1. The molecule has 0 N–H and O–H groups in total. The first kappa shape index (κ1) is 41.8. The summed E-state index contributed by atoms with van der Waals surface area (Å²) in [5.41, 5.74) is 18.2. The predicted molar refractivity (Wildman–Crippen MR) is 276 cm³/mol. The van der Waals surface area contributed by atoms with E-state index in [1.165, 1.54) is 66.1 Å². The SMILES string of the molecule is Cn1c2ccccc2c2c(N3c4ccc(C(C)(C)C)cc4B4c5cc(C(C)(C)C)ccc5Oc5cccc3c54)cc(N(c3ccc(C(C)(C)C)cc3)c3ccc(C(C)(C)C)cc3)cc21. The molecule has 64 heavy (non-hydrogen) atoms. The zero-order valence-electron chi connectivity index (χ0n) is 40.1. The first-order chi connectivity index (χ1) is 30.2. The average Bonchev–Trinajstić information content (AvgIpc) is 3.53. The van der Waals surface area contributed by atoms with Gasteiger partial charge in [0, 0.05) is 46.1 Å². The molecule has 0 saturated carbocycles. The fourth-order valence-electron chi connectivity index (χ4n) is 10.1. The third kappa shape index (κ3) is 6.82. The highest BCUT2D eigenvalue weighted by Crippen LogP contribution is 2.49. The second kappa shape index (κ2) is 14.4. The number of hydrogen-bond donors (Lipinski definition) is 0. The largest absolute Gasteiger partial charge is 0.458 e. The van der Waals surface area contributed by atoms with Crippen molar-refractivity contribution in [3.63, 3.8) is 0 Å². The van der Waals surface area contributed by atoms with Crippen LogP contribution in [0.5, 0.6) is 11.5 Å². The summed E-state index contributed by atoms with van der Waals surface area (Å²) in [5.74, 6) is 1.85. The lowest BCUT2D eigenvalue weighted by Gasteiger charge is -2.41. The molecule has 7 aromatic carbocycles. The molecule has 1 aromatic heterocycles. The van der Waals surface area contributed by atoms with E-state index in [2.05, 4.69) is 244 Å². The van der Waals surface area contributed by atoms with Gasteiger partial charge >= 0.3 is 0 Å². The summed E-state index contributed by atoms with van der Waals surface area (Å²) in [6.07, 6.45) is 0. The van der Waals surface area contributed by atoms with Gasteiger partial charge in [0.25, 0.3) is 6.71 Å². The minimum absolute atomic E-state index is 0.00356. The Hall–Kier alpha value is -6.20. The number of hydrogen-bond acceptors (Lipinski definition) is 3. The van der Waals surface area contributed by atoms with Crippen LogP contribution in [0.4, 0.5) is 34.1 Å². The lowest BCUT2D eigenvalue weighted by Crippen LogP contribution is -2.59. The number of fused-ring (bicyclic) bond motifs is 7. The van der Waals surface area contributed by atoms with Crippen LogP contribution < -0.4 is 30.9 Å². The van der Waals surface area contributed by atoms with Gasteiger partial charge in [-0.05, 0) is 127 Å². The average molecular weight is 840 g/mol. The number of para-hydroxylation sites is 1. The van der Waals surface area contributed by atoms with Crippen molar-refractivity contribution in [3.05, 3.63) is 162 Å². The van der Waals surface area contributed by atoms with Gasteiger partial charge in [0.05, 0.1) is 16.9 Å². The topological polar surface area (TPSA) is 20.6 Å². The molecule has 0 radical (unpaired) electrons. The normalized spacial score (nSPS) is 13.8. The van der Waals surface area contributed by atoms with Crippen LogP contribution in [0.25, 0.3) is 21.8 Å². The molecule has 4 nitrogen and oxygen atoms in total. The second-order valence-corrected chi connectivity index (χ2v) is 22.4. The molecule has 0 fully saturated rings. The fourth-order valence-corrected chi connectivity index (χ4v) is 10.1. The van der Waals surface area contributed by atoms with E-state index in [0.717, 1.165) is 39.9 Å². The number of aryl methyl sites for hydroxylation is 1. The molecule has 0 amide bonds. The maximum atomic E-state index is 6.96. The van der Waals surface area contributed by atoms with Crippen molar-refractivity contribution in [1.29, 1.82) is 0 Å². The lowest BCUT2D eigenvalue weighted by molar-refractivity contribution is 0.486. The van der Waals surface area contributed by atoms with Crippen LogP contribution in [0.1, 0.15) is 105 Å². The van der Waals surface area contributed by atoms with Gasteiger partial charge in [-0.25, -0.2) is 0 Å². The molecule has 2 aliphatic rings. The first-order valence-electron chi connectivity index (χ1n) is 23.1. The van der Waals surface area contributed by atoms with Gasteiger partial charge in [0.15, 0.2) is 0 Å². The number of anilines is 6. The van der Waals surface area contributed by atoms with E-state index < -0.39 is 0 Å². The molecule has 8 aromatic rings. The quantitative estimate of drug-likeness (QED) is 0.165. The van der Waals surface area contributed by atoms with Gasteiger partial charge in [-0.2, -0.15) is 0 Å². The predicted octanol–water partition coefficient (Wildman–Crippen LogP) is 14.4. The van der Waals surface area contributed by atoms with Crippen LogP contribution in [0.2, 0.25) is 0 Å². The van der Waals surface area contributed by atoms with Crippen LogP contribution in [0.3, 0.4) is 0 Å². The van der Waals surface area contributed by atoms with E-state index in [0.29, 0.717) is 0 Å². The van der Waals surface area contributed by atoms with Crippen molar-refractivity contribution in [2.24, 2.45) is 7.05 Å². The Morgan fingerprint density at radius 3 is 1.58 bits per heavy atom. The lowest BCUT2D eigenvalue weighted by atomic mass is 9.34. The van der Waals surface area contributed by atoms with Crippen LogP contribution in [0, 0.1) is 0 Å². The Morgan fingerprint density at radius 1 is 0.438 bits per heavy atom. The van der Waals surface area contributed by atoms with E-state index in [1.807, 2.05) is 0 Å².